The maximum atomic E-state index is 5.69. The molecule has 6 nitrogen and oxygen atoms in total. The first-order chi connectivity index (χ1) is 5.53. The molecule has 1 atom stereocenters. The van der Waals surface area contributed by atoms with E-state index in [-0.39, 0.29) is 5.96 Å². The van der Waals surface area contributed by atoms with Crippen molar-refractivity contribution in [3.63, 3.8) is 0 Å². The van der Waals surface area contributed by atoms with E-state index < -0.39 is 5.79 Å². The van der Waals surface area contributed by atoms with Gasteiger partial charge in [-0.25, -0.2) is 4.99 Å². The molecule has 0 aliphatic carbocycles. The summed E-state index contributed by atoms with van der Waals surface area (Å²) in [5.74, 6) is -0.00970. The van der Waals surface area contributed by atoms with Gasteiger partial charge < -0.3 is 11.1 Å². The average molecular weight is 170 g/mol. The molecule has 1 unspecified atom stereocenters. The van der Waals surface area contributed by atoms with Gasteiger partial charge in [-0.2, -0.15) is 0 Å². The lowest BCUT2D eigenvalue weighted by molar-refractivity contribution is 0.441. The zero-order valence-corrected chi connectivity index (χ0v) is 7.26. The van der Waals surface area contributed by atoms with E-state index in [9.17, 15) is 0 Å². The second kappa shape index (κ2) is 2.98. The quantitative estimate of drug-likeness (QED) is 0.385. The second-order valence-electron chi connectivity index (χ2n) is 2.72. The fourth-order valence-corrected chi connectivity index (χ4v) is 0.936. The fraction of sp³-hybridized carbons (Fsp3) is 0.667. The van der Waals surface area contributed by atoms with Crippen LogP contribution in [0.4, 0.5) is 0 Å². The number of nitrogens with two attached hydrogens (primary N) is 2. The predicted octanol–water partition coefficient (Wildman–Crippen LogP) is -1.50. The normalized spacial score (nSPS) is 32.2. The van der Waals surface area contributed by atoms with Crippen LogP contribution in [-0.2, 0) is 0 Å². The summed E-state index contributed by atoms with van der Waals surface area (Å²) in [7, 11) is 0. The third-order valence-electron chi connectivity index (χ3n) is 1.29. The van der Waals surface area contributed by atoms with Crippen molar-refractivity contribution in [3.8, 4) is 0 Å². The molecule has 0 aromatic heterocycles. The average Bonchev–Trinajstić information content (AvgIpc) is 1.82. The Kier molecular flexibility index (Phi) is 2.18. The van der Waals surface area contributed by atoms with Crippen LogP contribution in [0.15, 0.2) is 9.98 Å². The molecule has 0 aromatic carbocycles. The van der Waals surface area contributed by atoms with Crippen molar-refractivity contribution in [2.24, 2.45) is 21.5 Å². The summed E-state index contributed by atoms with van der Waals surface area (Å²) in [5.41, 5.74) is 11.2. The highest BCUT2D eigenvalue weighted by molar-refractivity contribution is 6.00. The van der Waals surface area contributed by atoms with Crippen molar-refractivity contribution in [1.82, 2.24) is 10.6 Å². The summed E-state index contributed by atoms with van der Waals surface area (Å²) >= 11 is 0. The van der Waals surface area contributed by atoms with Crippen molar-refractivity contribution in [2.75, 3.05) is 6.54 Å². The lowest BCUT2D eigenvalue weighted by Crippen LogP contribution is -2.63. The van der Waals surface area contributed by atoms with E-state index in [4.69, 9.17) is 11.5 Å². The first kappa shape index (κ1) is 8.79. The summed E-state index contributed by atoms with van der Waals surface area (Å²) in [5, 5.41) is 5.63. The number of aliphatic imine (C=N–C) groups is 2. The molecule has 1 rings (SSSR count). The van der Waals surface area contributed by atoms with Gasteiger partial charge in [-0.05, 0) is 13.8 Å². The van der Waals surface area contributed by atoms with Gasteiger partial charge in [-0.3, -0.25) is 16.0 Å². The lowest BCUT2D eigenvalue weighted by Gasteiger charge is -2.29. The Hall–Kier alpha value is -1.30. The van der Waals surface area contributed by atoms with Crippen LogP contribution < -0.4 is 22.1 Å². The van der Waals surface area contributed by atoms with Crippen molar-refractivity contribution in [3.05, 3.63) is 0 Å². The van der Waals surface area contributed by atoms with Crippen molar-refractivity contribution in [1.29, 1.82) is 0 Å². The minimum absolute atomic E-state index is 0.283. The Morgan fingerprint density at radius 2 is 2.33 bits per heavy atom. The molecular weight excluding hydrogens is 156 g/mol. The third kappa shape index (κ3) is 2.09. The van der Waals surface area contributed by atoms with Crippen molar-refractivity contribution < 1.29 is 0 Å². The number of hydrogen-bond acceptors (Lipinski definition) is 4. The molecule has 6 N–H and O–H groups in total. The Morgan fingerprint density at radius 1 is 1.67 bits per heavy atom. The van der Waals surface area contributed by atoms with Crippen LogP contribution in [0.5, 0.6) is 0 Å². The van der Waals surface area contributed by atoms with E-state index in [1.807, 2.05) is 6.92 Å². The highest BCUT2D eigenvalue weighted by Gasteiger charge is 2.23. The number of hydrogen-bond donors (Lipinski definition) is 4. The van der Waals surface area contributed by atoms with Crippen molar-refractivity contribution >= 4 is 11.9 Å². The smallest absolute Gasteiger partial charge is 0.201 e. The van der Waals surface area contributed by atoms with Gasteiger partial charge in [0.25, 0.3) is 0 Å². The largest absolute Gasteiger partial charge is 0.370 e. The van der Waals surface area contributed by atoms with Gasteiger partial charge in [0.05, 0.1) is 0 Å². The van der Waals surface area contributed by atoms with E-state index in [0.29, 0.717) is 12.5 Å². The van der Waals surface area contributed by atoms with Gasteiger partial charge in [-0.1, -0.05) is 0 Å². The molecule has 0 bridgehead atoms. The van der Waals surface area contributed by atoms with E-state index >= 15 is 0 Å². The molecule has 68 valence electrons. The number of guanidine groups is 2. The van der Waals surface area contributed by atoms with E-state index in [0.717, 1.165) is 0 Å². The van der Waals surface area contributed by atoms with Gasteiger partial charge >= 0.3 is 0 Å². The molecule has 12 heavy (non-hydrogen) atoms. The zero-order valence-electron chi connectivity index (χ0n) is 7.26. The zero-order chi connectivity index (χ0) is 9.19. The number of rotatable bonds is 1. The predicted molar refractivity (Wildman–Crippen MR) is 48.5 cm³/mol. The standard InChI is InChI=1S/C6H14N6/c1-3-9-5-10-4(7)11-6(2,8)12-5/h3,8H2,1-2H3,(H4,7,9,10,11,12). The lowest BCUT2D eigenvalue weighted by atomic mass is 10.4. The van der Waals surface area contributed by atoms with Crippen LogP contribution in [-0.4, -0.2) is 24.3 Å². The molecule has 0 saturated carbocycles. The Morgan fingerprint density at radius 3 is 2.83 bits per heavy atom. The van der Waals surface area contributed by atoms with Gasteiger partial charge in [-0.15, -0.1) is 0 Å². The molecule has 0 amide bonds. The van der Waals surface area contributed by atoms with E-state index in [1.165, 1.54) is 0 Å². The molecule has 0 saturated heterocycles. The molecule has 0 fully saturated rings. The molecule has 0 radical (unpaired) electrons. The number of nitrogens with one attached hydrogen (secondary N) is 2. The summed E-state index contributed by atoms with van der Waals surface area (Å²) in [6.45, 7) is 4.30. The monoisotopic (exact) mass is 170 g/mol. The second-order valence-corrected chi connectivity index (χ2v) is 2.72. The minimum atomic E-state index is -0.858. The van der Waals surface area contributed by atoms with E-state index in [1.54, 1.807) is 6.92 Å². The number of nitrogens with zero attached hydrogens (tertiary/aromatic N) is 2. The fourth-order valence-electron chi connectivity index (χ4n) is 0.936. The van der Waals surface area contributed by atoms with Gasteiger partial charge in [0.15, 0.2) is 11.7 Å². The first-order valence-electron chi connectivity index (χ1n) is 3.77. The summed E-state index contributed by atoms with van der Waals surface area (Å²) in [4.78, 5) is 8.00. The molecule has 1 aliphatic heterocycles. The van der Waals surface area contributed by atoms with Crippen LogP contribution in [0, 0.1) is 0 Å². The van der Waals surface area contributed by atoms with Crippen LogP contribution in [0.2, 0.25) is 0 Å². The van der Waals surface area contributed by atoms with E-state index in [2.05, 4.69) is 20.6 Å². The maximum absolute atomic E-state index is 5.69. The maximum Gasteiger partial charge on any atom is 0.201 e. The molecule has 1 heterocycles. The molecule has 0 aromatic rings. The van der Waals surface area contributed by atoms with Crippen LogP contribution >= 0.6 is 0 Å². The SMILES string of the molecule is CCN=C1NC(N)=NC(C)(N)N1. The van der Waals surface area contributed by atoms with Crippen LogP contribution in [0.3, 0.4) is 0 Å². The van der Waals surface area contributed by atoms with Crippen LogP contribution in [0.25, 0.3) is 0 Å². The Balaban J connectivity index is 2.79. The Labute approximate surface area is 71.1 Å². The summed E-state index contributed by atoms with van der Waals surface area (Å²) < 4.78 is 0. The molecule has 1 aliphatic rings. The van der Waals surface area contributed by atoms with Crippen LogP contribution in [0.1, 0.15) is 13.8 Å². The van der Waals surface area contributed by atoms with Gasteiger partial charge in [0.2, 0.25) is 5.96 Å². The highest BCUT2D eigenvalue weighted by Crippen LogP contribution is 1.98. The van der Waals surface area contributed by atoms with Gasteiger partial charge in [0.1, 0.15) is 0 Å². The summed E-state index contributed by atoms with van der Waals surface area (Å²) in [6.07, 6.45) is 0. The Bertz CT molecular complexity index is 228. The highest BCUT2D eigenvalue weighted by atomic mass is 15.4. The first-order valence-corrected chi connectivity index (χ1v) is 3.77. The molecular formula is C6H14N6. The minimum Gasteiger partial charge on any atom is -0.370 e. The van der Waals surface area contributed by atoms with Crippen molar-refractivity contribution in [2.45, 2.75) is 19.6 Å². The van der Waals surface area contributed by atoms with Gasteiger partial charge in [0, 0.05) is 6.54 Å². The third-order valence-corrected chi connectivity index (χ3v) is 1.29. The molecule has 6 heteroatoms. The molecule has 0 spiro atoms. The topological polar surface area (TPSA) is 101 Å². The summed E-state index contributed by atoms with van der Waals surface area (Å²) in [6, 6.07) is 0.